The minimum Gasteiger partial charge on any atom is -0.351 e. The smallest absolute Gasteiger partial charge is 0.267 e. The number of hydrogen-bond acceptors (Lipinski definition) is 3. The molecule has 0 saturated heterocycles. The van der Waals surface area contributed by atoms with Gasteiger partial charge in [0.25, 0.3) is 11.8 Å². The number of imidazole rings is 1. The van der Waals surface area contributed by atoms with Gasteiger partial charge in [-0.1, -0.05) is 37.3 Å². The number of benzene rings is 1. The second kappa shape index (κ2) is 10.3. The van der Waals surface area contributed by atoms with Crippen LogP contribution < -0.4 is 5.32 Å². The van der Waals surface area contributed by atoms with Crippen molar-refractivity contribution in [3.8, 4) is 0 Å². The fourth-order valence-corrected chi connectivity index (χ4v) is 4.82. The third kappa shape index (κ3) is 4.92. The Morgan fingerprint density at radius 2 is 1.91 bits per heavy atom. The number of amides is 2. The first-order valence-electron chi connectivity index (χ1n) is 11.2. The molecule has 0 radical (unpaired) electrons. The van der Waals surface area contributed by atoms with Crippen molar-refractivity contribution in [1.82, 2.24) is 24.2 Å². The number of nitrogens with zero attached hydrogens (tertiary/aromatic N) is 4. The first-order chi connectivity index (χ1) is 16.4. The molecule has 4 rings (SSSR count). The van der Waals surface area contributed by atoms with E-state index >= 15 is 0 Å². The lowest BCUT2D eigenvalue weighted by atomic mass is 9.90. The Kier molecular flexibility index (Phi) is 7.17. The molecule has 176 valence electrons. The van der Waals surface area contributed by atoms with E-state index in [4.69, 9.17) is 0 Å². The van der Waals surface area contributed by atoms with Gasteiger partial charge in [0.1, 0.15) is 11.3 Å². The molecule has 0 aliphatic heterocycles. The highest BCUT2D eigenvalue weighted by atomic mass is 79.9. The predicted octanol–water partition coefficient (Wildman–Crippen LogP) is 4.50. The van der Waals surface area contributed by atoms with Gasteiger partial charge in [-0.25, -0.2) is 4.98 Å². The van der Waals surface area contributed by atoms with E-state index < -0.39 is 0 Å². The number of likely N-dealkylation sites (N-methyl/N-ethyl adjacent to an activating group) is 1. The van der Waals surface area contributed by atoms with Gasteiger partial charge in [0, 0.05) is 61.9 Å². The molecule has 8 heteroatoms. The number of fused-ring (bicyclic) bond motifs is 1. The standard InChI is InChI=1S/C26H28BrN5O2/c1-18(19-8-5-4-6-9-19)22(11-12-29-25(33)23-10-7-14-30(23)2)31(3)26(34)20-16-24-28-13-15-32(24)17-21(20)27/h4-10,13-18,22H,11-12H2,1-3H3,(H,29,33). The summed E-state index contributed by atoms with van der Waals surface area (Å²) in [7, 11) is 3.67. The molecule has 1 N–H and O–H groups in total. The summed E-state index contributed by atoms with van der Waals surface area (Å²) in [6.07, 6.45) is 7.84. The lowest BCUT2D eigenvalue weighted by Gasteiger charge is -2.34. The van der Waals surface area contributed by atoms with Crippen LogP contribution in [0, 0.1) is 0 Å². The highest BCUT2D eigenvalue weighted by Crippen LogP contribution is 2.28. The van der Waals surface area contributed by atoms with Crippen molar-refractivity contribution in [2.75, 3.05) is 13.6 Å². The highest BCUT2D eigenvalue weighted by molar-refractivity contribution is 9.10. The van der Waals surface area contributed by atoms with Crippen LogP contribution in [0.25, 0.3) is 5.65 Å². The van der Waals surface area contributed by atoms with Gasteiger partial charge >= 0.3 is 0 Å². The number of halogens is 1. The van der Waals surface area contributed by atoms with Crippen molar-refractivity contribution in [1.29, 1.82) is 0 Å². The van der Waals surface area contributed by atoms with Crippen molar-refractivity contribution < 1.29 is 9.59 Å². The Hall–Kier alpha value is -3.39. The number of pyridine rings is 1. The van der Waals surface area contributed by atoms with E-state index in [1.165, 1.54) is 0 Å². The first-order valence-corrected chi connectivity index (χ1v) is 12.0. The Morgan fingerprint density at radius 1 is 1.15 bits per heavy atom. The molecule has 3 heterocycles. The van der Waals surface area contributed by atoms with E-state index in [0.29, 0.717) is 34.3 Å². The van der Waals surface area contributed by atoms with Gasteiger partial charge in [-0.05, 0) is 46.1 Å². The third-order valence-corrected chi connectivity index (χ3v) is 6.97. The van der Waals surface area contributed by atoms with Crippen molar-refractivity contribution in [2.24, 2.45) is 7.05 Å². The minimum absolute atomic E-state index is 0.0658. The average Bonchev–Trinajstić information content (AvgIpc) is 3.48. The summed E-state index contributed by atoms with van der Waals surface area (Å²) >= 11 is 3.55. The third-order valence-electron chi connectivity index (χ3n) is 6.33. The average molecular weight is 522 g/mol. The molecule has 2 unspecified atom stereocenters. The van der Waals surface area contributed by atoms with Crippen LogP contribution in [0.2, 0.25) is 0 Å². The van der Waals surface area contributed by atoms with Crippen LogP contribution >= 0.6 is 15.9 Å². The second-order valence-electron chi connectivity index (χ2n) is 8.46. The van der Waals surface area contributed by atoms with Crippen LogP contribution in [-0.4, -0.2) is 50.3 Å². The molecule has 1 aromatic carbocycles. The molecule has 0 spiro atoms. The minimum atomic E-state index is -0.133. The fourth-order valence-electron chi connectivity index (χ4n) is 4.32. The van der Waals surface area contributed by atoms with Gasteiger partial charge in [0.15, 0.2) is 0 Å². The SMILES string of the molecule is CC(c1ccccc1)C(CCNC(=O)c1cccn1C)N(C)C(=O)c1cc2nccn2cc1Br. The number of aryl methyl sites for hydroxylation is 1. The van der Waals surface area contributed by atoms with Gasteiger partial charge in [-0.3, -0.25) is 9.59 Å². The molecule has 4 aromatic rings. The van der Waals surface area contributed by atoms with E-state index in [-0.39, 0.29) is 23.8 Å². The predicted molar refractivity (Wildman–Crippen MR) is 136 cm³/mol. The van der Waals surface area contributed by atoms with Crippen molar-refractivity contribution in [3.05, 3.63) is 94.6 Å². The normalized spacial score (nSPS) is 12.9. The number of nitrogens with one attached hydrogen (secondary N) is 1. The molecule has 0 bridgehead atoms. The number of carbonyl (C=O) groups excluding carboxylic acids is 2. The molecule has 2 amide bonds. The molecule has 0 saturated carbocycles. The van der Waals surface area contributed by atoms with E-state index in [1.54, 1.807) is 27.8 Å². The monoisotopic (exact) mass is 521 g/mol. The zero-order valence-electron chi connectivity index (χ0n) is 19.5. The van der Waals surface area contributed by atoms with E-state index in [2.05, 4.69) is 45.3 Å². The van der Waals surface area contributed by atoms with Crippen LogP contribution in [0.5, 0.6) is 0 Å². The van der Waals surface area contributed by atoms with Crippen LogP contribution in [0.1, 0.15) is 45.7 Å². The molecule has 0 fully saturated rings. The van der Waals surface area contributed by atoms with Crippen LogP contribution in [-0.2, 0) is 7.05 Å². The van der Waals surface area contributed by atoms with Crippen molar-refractivity contribution in [2.45, 2.75) is 25.3 Å². The zero-order chi connectivity index (χ0) is 24.2. The molecular weight excluding hydrogens is 494 g/mol. The molecular formula is C26H28BrN5O2. The van der Waals surface area contributed by atoms with Gasteiger partial charge in [-0.15, -0.1) is 0 Å². The molecule has 34 heavy (non-hydrogen) atoms. The van der Waals surface area contributed by atoms with E-state index in [9.17, 15) is 9.59 Å². The van der Waals surface area contributed by atoms with E-state index in [0.717, 1.165) is 5.56 Å². The van der Waals surface area contributed by atoms with Crippen LogP contribution in [0.4, 0.5) is 0 Å². The maximum Gasteiger partial charge on any atom is 0.267 e. The molecule has 3 aromatic heterocycles. The summed E-state index contributed by atoms with van der Waals surface area (Å²) < 4.78 is 4.36. The largest absolute Gasteiger partial charge is 0.351 e. The van der Waals surface area contributed by atoms with Crippen molar-refractivity contribution >= 4 is 33.4 Å². The topological polar surface area (TPSA) is 71.6 Å². The van der Waals surface area contributed by atoms with Gasteiger partial charge in [0.2, 0.25) is 0 Å². The Bertz CT molecular complexity index is 1300. The molecule has 0 aliphatic carbocycles. The van der Waals surface area contributed by atoms with E-state index in [1.807, 2.05) is 61.4 Å². The summed E-state index contributed by atoms with van der Waals surface area (Å²) in [6, 6.07) is 15.4. The van der Waals surface area contributed by atoms with Gasteiger partial charge < -0.3 is 19.2 Å². The molecule has 7 nitrogen and oxygen atoms in total. The summed E-state index contributed by atoms with van der Waals surface area (Å²) in [4.78, 5) is 32.3. The summed E-state index contributed by atoms with van der Waals surface area (Å²) in [6.45, 7) is 2.57. The summed E-state index contributed by atoms with van der Waals surface area (Å²) in [5.41, 5.74) is 3.01. The summed E-state index contributed by atoms with van der Waals surface area (Å²) in [5, 5.41) is 3.01. The molecule has 2 atom stereocenters. The Labute approximate surface area is 207 Å². The number of aromatic nitrogens is 3. The zero-order valence-corrected chi connectivity index (χ0v) is 21.1. The summed E-state index contributed by atoms with van der Waals surface area (Å²) in [5.74, 6) is -0.157. The van der Waals surface area contributed by atoms with Crippen LogP contribution in [0.3, 0.4) is 0 Å². The maximum absolute atomic E-state index is 13.6. The quantitative estimate of drug-likeness (QED) is 0.371. The lowest BCUT2D eigenvalue weighted by Crippen LogP contribution is -2.42. The highest BCUT2D eigenvalue weighted by Gasteiger charge is 2.28. The van der Waals surface area contributed by atoms with Crippen molar-refractivity contribution in [3.63, 3.8) is 0 Å². The Morgan fingerprint density at radius 3 is 2.62 bits per heavy atom. The number of carbonyl (C=O) groups is 2. The lowest BCUT2D eigenvalue weighted by molar-refractivity contribution is 0.0701. The van der Waals surface area contributed by atoms with Gasteiger partial charge in [-0.2, -0.15) is 0 Å². The Balaban J connectivity index is 1.56. The fraction of sp³-hybridized carbons (Fsp3) is 0.269. The number of rotatable bonds is 8. The molecule has 0 aliphatic rings. The maximum atomic E-state index is 13.6. The first kappa shape index (κ1) is 23.8. The van der Waals surface area contributed by atoms with Gasteiger partial charge in [0.05, 0.1) is 5.56 Å². The number of hydrogen-bond donors (Lipinski definition) is 1. The second-order valence-corrected chi connectivity index (χ2v) is 9.31. The van der Waals surface area contributed by atoms with Crippen LogP contribution in [0.15, 0.2) is 77.8 Å².